The number of anilines is 6. The van der Waals surface area contributed by atoms with Crippen molar-refractivity contribution in [2.45, 2.75) is 44.5 Å². The number of carbonyl (C=O) groups excluding carboxylic acids is 4. The molecular formula is C36H33ClF6N8O5. The molecule has 0 saturated carbocycles. The normalized spacial score (nSPS) is 14.2. The molecule has 4 aromatic rings. The number of methoxy groups -OCH3 is 1. The van der Waals surface area contributed by atoms with Crippen LogP contribution >= 0.6 is 11.6 Å². The summed E-state index contributed by atoms with van der Waals surface area (Å²) in [6.45, 7) is 1.20. The molecule has 0 radical (unpaired) electrons. The lowest BCUT2D eigenvalue weighted by Gasteiger charge is -2.31. The SMILES string of the molecule is COc1ccc(NC(=O)N2CCC(CC(=O)Nc3ccc4cc3CCc3cncc(c3)Nc3ncc(Cl)c(n3)N4)CC2)cc1.O=C(C(=O)C(F)(F)F)C(F)(F)F. The molecule has 13 nitrogen and oxygen atoms in total. The van der Waals surface area contributed by atoms with Gasteiger partial charge in [0, 0.05) is 42.8 Å². The number of aromatic nitrogens is 3. The van der Waals surface area contributed by atoms with Gasteiger partial charge in [-0.05, 0) is 91.3 Å². The first-order valence-electron chi connectivity index (χ1n) is 16.8. The highest BCUT2D eigenvalue weighted by Crippen LogP contribution is 2.30. The summed E-state index contributed by atoms with van der Waals surface area (Å²) in [4.78, 5) is 60.2. The number of pyridine rings is 1. The third-order valence-corrected chi connectivity index (χ3v) is 8.84. The number of Topliss-reactive ketones (excluding diaryl/α,β-unsaturated/α-hetero) is 2. The Hall–Kier alpha value is -5.98. The van der Waals surface area contributed by atoms with Crippen molar-refractivity contribution in [2.24, 2.45) is 5.92 Å². The average molecular weight is 807 g/mol. The van der Waals surface area contributed by atoms with Crippen LogP contribution in [0.4, 0.5) is 65.7 Å². The summed E-state index contributed by atoms with van der Waals surface area (Å²) in [5.41, 5.74) is 5.09. The van der Waals surface area contributed by atoms with E-state index in [0.29, 0.717) is 48.4 Å². The number of urea groups is 1. The lowest BCUT2D eigenvalue weighted by Crippen LogP contribution is -2.41. The molecular weight excluding hydrogens is 774 g/mol. The summed E-state index contributed by atoms with van der Waals surface area (Å²) in [6, 6.07) is 14.9. The van der Waals surface area contributed by atoms with Crippen LogP contribution < -0.4 is 26.0 Å². The molecule has 4 N–H and O–H groups in total. The standard InChI is InChI=1S/C32H33ClN8O3.C4F6O2/c1-44-26-7-4-23(5-8-26)38-32(43)41-12-10-20(11-13-41)15-29(42)39-28-9-6-24-16-22(28)3-2-21-14-25(18-34-17-21)37-31-35-19-27(33)30(36-24)40-31;5-3(6,7)1(11)2(12)4(8,9)10/h4-9,14,16-20H,2-3,10-13,15H2,1H3,(H,38,43)(H,39,42)(H2,35,36,37,40);. The van der Waals surface area contributed by atoms with E-state index >= 15 is 0 Å². The van der Waals surface area contributed by atoms with Crippen LogP contribution in [0.15, 0.2) is 67.1 Å². The average Bonchev–Trinajstić information content (AvgIpc) is 3.16. The van der Waals surface area contributed by atoms with Crippen LogP contribution in [0.25, 0.3) is 0 Å². The molecule has 56 heavy (non-hydrogen) atoms. The molecule has 0 spiro atoms. The van der Waals surface area contributed by atoms with Gasteiger partial charge in [0.1, 0.15) is 10.8 Å². The molecule has 0 aliphatic carbocycles. The van der Waals surface area contributed by atoms with E-state index in [2.05, 4.69) is 36.2 Å². The molecule has 0 unspecified atom stereocenters. The summed E-state index contributed by atoms with van der Waals surface area (Å²) in [5.74, 6) is -5.05. The maximum absolute atomic E-state index is 13.2. The molecule has 2 aromatic heterocycles. The number of alkyl halides is 6. The van der Waals surface area contributed by atoms with Gasteiger partial charge in [-0.3, -0.25) is 19.4 Å². The maximum Gasteiger partial charge on any atom is 0.458 e. The van der Waals surface area contributed by atoms with Crippen LogP contribution in [-0.2, 0) is 27.2 Å². The van der Waals surface area contributed by atoms with Gasteiger partial charge >= 0.3 is 30.0 Å². The number of amides is 3. The van der Waals surface area contributed by atoms with E-state index in [1.54, 1.807) is 24.4 Å². The van der Waals surface area contributed by atoms with Crippen molar-refractivity contribution >= 4 is 69.6 Å². The van der Waals surface area contributed by atoms with Gasteiger partial charge in [0.2, 0.25) is 11.9 Å². The number of nitrogens with zero attached hydrogens (tertiary/aromatic N) is 4. The summed E-state index contributed by atoms with van der Waals surface area (Å²) in [6.07, 6.45) is -3.11. The molecule has 2 aromatic carbocycles. The van der Waals surface area contributed by atoms with E-state index < -0.39 is 23.9 Å². The lowest BCUT2D eigenvalue weighted by molar-refractivity contribution is -0.193. The summed E-state index contributed by atoms with van der Waals surface area (Å²) >= 11 is 6.38. The van der Waals surface area contributed by atoms with Gasteiger partial charge < -0.3 is 30.9 Å². The molecule has 3 amide bonds. The number of hydrogen-bond donors (Lipinski definition) is 4. The van der Waals surface area contributed by atoms with Crippen molar-refractivity contribution in [1.82, 2.24) is 19.9 Å². The van der Waals surface area contributed by atoms with Gasteiger partial charge in [-0.25, -0.2) is 9.78 Å². The van der Waals surface area contributed by atoms with Crippen molar-refractivity contribution in [3.05, 3.63) is 83.3 Å². The quantitative estimate of drug-likeness (QED) is 0.112. The van der Waals surface area contributed by atoms with Crippen LogP contribution in [0.3, 0.4) is 0 Å². The molecule has 6 rings (SSSR count). The minimum atomic E-state index is -5.77. The molecule has 1 saturated heterocycles. The fourth-order valence-corrected chi connectivity index (χ4v) is 5.83. The van der Waals surface area contributed by atoms with Gasteiger partial charge in [0.05, 0.1) is 25.2 Å². The number of nitrogens with one attached hydrogen (secondary N) is 4. The first kappa shape index (κ1) is 41.2. The molecule has 6 bridgehead atoms. The van der Waals surface area contributed by atoms with Crippen LogP contribution in [0.5, 0.6) is 5.75 Å². The van der Waals surface area contributed by atoms with Crippen molar-refractivity contribution in [3.63, 3.8) is 0 Å². The summed E-state index contributed by atoms with van der Waals surface area (Å²) < 4.78 is 72.1. The van der Waals surface area contributed by atoms with Crippen LogP contribution in [-0.4, -0.2) is 75.9 Å². The molecule has 296 valence electrons. The second-order valence-electron chi connectivity index (χ2n) is 12.6. The largest absolute Gasteiger partial charge is 0.497 e. The number of carbonyl (C=O) groups is 4. The minimum absolute atomic E-state index is 0.0395. The number of ketones is 2. The maximum atomic E-state index is 13.2. The Morgan fingerprint density at radius 3 is 2.18 bits per heavy atom. The second-order valence-corrected chi connectivity index (χ2v) is 13.0. The minimum Gasteiger partial charge on any atom is -0.497 e. The molecule has 1 fully saturated rings. The Kier molecular flexibility index (Phi) is 13.0. The highest BCUT2D eigenvalue weighted by Gasteiger charge is 2.54. The molecule has 20 heteroatoms. The fourth-order valence-electron chi connectivity index (χ4n) is 5.69. The number of benzene rings is 2. The van der Waals surface area contributed by atoms with Crippen molar-refractivity contribution in [2.75, 3.05) is 41.5 Å². The van der Waals surface area contributed by atoms with Crippen LogP contribution in [0, 0.1) is 5.92 Å². The zero-order chi connectivity index (χ0) is 40.6. The van der Waals surface area contributed by atoms with E-state index in [1.165, 1.54) is 0 Å². The Morgan fingerprint density at radius 1 is 0.857 bits per heavy atom. The smallest absolute Gasteiger partial charge is 0.458 e. The Balaban J connectivity index is 0.000000433. The second kappa shape index (κ2) is 17.7. The zero-order valence-electron chi connectivity index (χ0n) is 29.4. The van der Waals surface area contributed by atoms with E-state index in [9.17, 15) is 45.5 Å². The lowest BCUT2D eigenvalue weighted by atomic mass is 9.93. The number of ether oxygens (including phenoxy) is 1. The molecule has 2 aliphatic rings. The number of rotatable bonds is 6. The van der Waals surface area contributed by atoms with E-state index in [1.807, 2.05) is 54.7 Å². The first-order chi connectivity index (χ1) is 26.5. The topological polar surface area (TPSA) is 168 Å². The van der Waals surface area contributed by atoms with Gasteiger partial charge in [-0.15, -0.1) is 0 Å². The highest BCUT2D eigenvalue weighted by atomic mass is 35.5. The third kappa shape index (κ3) is 11.3. The Labute approximate surface area is 320 Å². The first-order valence-corrected chi connectivity index (χ1v) is 17.2. The fraction of sp³-hybridized carbons (Fsp3) is 0.306. The third-order valence-electron chi connectivity index (χ3n) is 8.56. The number of fused-ring (bicyclic) bond motifs is 6. The van der Waals surface area contributed by atoms with Crippen molar-refractivity contribution in [3.8, 4) is 5.75 Å². The van der Waals surface area contributed by atoms with Crippen LogP contribution in [0.2, 0.25) is 5.02 Å². The number of halogens is 7. The van der Waals surface area contributed by atoms with Gasteiger partial charge in [-0.1, -0.05) is 11.6 Å². The van der Waals surface area contributed by atoms with Crippen molar-refractivity contribution in [1.29, 1.82) is 0 Å². The zero-order valence-corrected chi connectivity index (χ0v) is 30.1. The number of piperidine rings is 1. The summed E-state index contributed by atoms with van der Waals surface area (Å²) in [5, 5.41) is 12.9. The van der Waals surface area contributed by atoms with Crippen LogP contribution in [0.1, 0.15) is 30.4 Å². The predicted octanol–water partition coefficient (Wildman–Crippen LogP) is 7.64. The molecule has 0 atom stereocenters. The Morgan fingerprint density at radius 2 is 1.54 bits per heavy atom. The number of likely N-dealkylation sites (tertiary alicyclic amines) is 1. The Bertz CT molecular complexity index is 2050. The van der Waals surface area contributed by atoms with E-state index in [-0.39, 0.29) is 17.9 Å². The molecule has 2 aliphatic heterocycles. The van der Waals surface area contributed by atoms with E-state index in [4.69, 9.17) is 16.3 Å². The monoisotopic (exact) mass is 806 g/mol. The predicted molar refractivity (Wildman–Crippen MR) is 193 cm³/mol. The van der Waals surface area contributed by atoms with Crippen molar-refractivity contribution < 1.29 is 50.3 Å². The number of hydrogen-bond acceptors (Lipinski definition) is 10. The van der Waals surface area contributed by atoms with Gasteiger partial charge in [0.25, 0.3) is 0 Å². The highest BCUT2D eigenvalue weighted by molar-refractivity contribution is 6.41. The van der Waals surface area contributed by atoms with Gasteiger partial charge in [0.15, 0.2) is 5.82 Å². The van der Waals surface area contributed by atoms with E-state index in [0.717, 1.165) is 53.2 Å². The summed E-state index contributed by atoms with van der Waals surface area (Å²) in [7, 11) is 1.61. The number of aryl methyl sites for hydroxylation is 2. The van der Waals surface area contributed by atoms with Gasteiger partial charge in [-0.2, -0.15) is 31.3 Å². The molecule has 4 heterocycles.